The third-order valence-corrected chi connectivity index (χ3v) is 4.79. The van der Waals surface area contributed by atoms with Crippen LogP contribution in [0.2, 0.25) is 0 Å². The van der Waals surface area contributed by atoms with E-state index in [9.17, 15) is 4.79 Å². The normalized spacial score (nSPS) is 16.2. The van der Waals surface area contributed by atoms with E-state index in [0.717, 1.165) is 18.4 Å². The number of benzene rings is 1. The van der Waals surface area contributed by atoms with E-state index in [0.29, 0.717) is 26.1 Å². The van der Waals surface area contributed by atoms with Crippen molar-refractivity contribution in [3.8, 4) is 0 Å². The predicted octanol–water partition coefficient (Wildman–Crippen LogP) is 3.92. The Hall–Kier alpha value is -1.32. The lowest BCUT2D eigenvalue weighted by atomic mass is 9.71. The first-order chi connectivity index (χ1) is 10.7. The third kappa shape index (κ3) is 5.67. The van der Waals surface area contributed by atoms with Crippen LogP contribution in [0.3, 0.4) is 0 Å². The largest absolute Gasteiger partial charge is 0.335 e. The molecule has 0 heterocycles. The van der Waals surface area contributed by atoms with Gasteiger partial charge in [-0.05, 0) is 30.4 Å². The van der Waals surface area contributed by atoms with Gasteiger partial charge in [0.25, 0.3) is 0 Å². The highest BCUT2D eigenvalue weighted by Crippen LogP contribution is 2.38. The summed E-state index contributed by atoms with van der Waals surface area (Å²) in [7, 11) is 0. The molecule has 1 aromatic carbocycles. The molecule has 1 aromatic rings. The molecule has 0 aromatic heterocycles. The Balaban J connectivity index is 0.00000264. The lowest BCUT2D eigenvalue weighted by Gasteiger charge is -2.37. The van der Waals surface area contributed by atoms with Crippen LogP contribution < -0.4 is 5.73 Å². The molecule has 1 amide bonds. The zero-order valence-corrected chi connectivity index (χ0v) is 14.7. The number of rotatable bonds is 7. The van der Waals surface area contributed by atoms with E-state index in [-0.39, 0.29) is 23.7 Å². The van der Waals surface area contributed by atoms with Crippen molar-refractivity contribution in [3.63, 3.8) is 0 Å². The first kappa shape index (κ1) is 19.7. The standard InChI is InChI=1S/C19H28N2O.ClH/c1-2-13-21(15-17-9-5-3-6-10-17)18(22)14-19(16-20)11-7-4-8-12-19;/h2-3,5-6,9-10H,1,4,7-8,11-16,20H2;1H. The lowest BCUT2D eigenvalue weighted by Crippen LogP contribution is -2.40. The Morgan fingerprint density at radius 1 is 1.22 bits per heavy atom. The fourth-order valence-electron chi connectivity index (χ4n) is 3.40. The average molecular weight is 337 g/mol. The Bertz CT molecular complexity index is 483. The van der Waals surface area contributed by atoms with Crippen molar-refractivity contribution in [3.05, 3.63) is 48.6 Å². The molecule has 2 N–H and O–H groups in total. The van der Waals surface area contributed by atoms with Gasteiger partial charge in [-0.25, -0.2) is 0 Å². The maximum Gasteiger partial charge on any atom is 0.223 e. The molecule has 4 heteroatoms. The maximum absolute atomic E-state index is 12.8. The smallest absolute Gasteiger partial charge is 0.223 e. The Labute approximate surface area is 146 Å². The minimum Gasteiger partial charge on any atom is -0.335 e. The zero-order valence-electron chi connectivity index (χ0n) is 13.9. The molecule has 0 bridgehead atoms. The number of hydrogen-bond acceptors (Lipinski definition) is 2. The summed E-state index contributed by atoms with van der Waals surface area (Å²) in [6.07, 6.45) is 8.22. The first-order valence-electron chi connectivity index (χ1n) is 8.32. The van der Waals surface area contributed by atoms with Gasteiger partial charge in [-0.1, -0.05) is 55.7 Å². The van der Waals surface area contributed by atoms with Gasteiger partial charge in [-0.3, -0.25) is 4.79 Å². The number of nitrogens with two attached hydrogens (primary N) is 1. The molecular formula is C19H29ClN2O. The van der Waals surface area contributed by atoms with E-state index < -0.39 is 0 Å². The highest BCUT2D eigenvalue weighted by Gasteiger charge is 2.34. The van der Waals surface area contributed by atoms with E-state index in [1.165, 1.54) is 19.3 Å². The second kappa shape index (κ2) is 9.74. The Morgan fingerprint density at radius 2 is 1.87 bits per heavy atom. The van der Waals surface area contributed by atoms with Crippen LogP contribution in [-0.2, 0) is 11.3 Å². The summed E-state index contributed by atoms with van der Waals surface area (Å²) in [5.74, 6) is 0.205. The fourth-order valence-corrected chi connectivity index (χ4v) is 3.40. The van der Waals surface area contributed by atoms with E-state index in [4.69, 9.17) is 5.73 Å². The van der Waals surface area contributed by atoms with Gasteiger partial charge in [0.05, 0.1) is 0 Å². The quantitative estimate of drug-likeness (QED) is 0.767. The highest BCUT2D eigenvalue weighted by molar-refractivity contribution is 5.85. The first-order valence-corrected chi connectivity index (χ1v) is 8.32. The van der Waals surface area contributed by atoms with Crippen molar-refractivity contribution >= 4 is 18.3 Å². The fraction of sp³-hybridized carbons (Fsp3) is 0.526. The predicted molar refractivity (Wildman–Crippen MR) is 98.5 cm³/mol. The van der Waals surface area contributed by atoms with Crippen LogP contribution in [0, 0.1) is 5.41 Å². The molecule has 0 unspecified atom stereocenters. The molecular weight excluding hydrogens is 308 g/mol. The van der Waals surface area contributed by atoms with Crippen LogP contribution >= 0.6 is 12.4 Å². The third-order valence-electron chi connectivity index (χ3n) is 4.79. The molecule has 1 aliphatic rings. The number of amides is 1. The van der Waals surface area contributed by atoms with Crippen LogP contribution in [0.4, 0.5) is 0 Å². The van der Waals surface area contributed by atoms with E-state index >= 15 is 0 Å². The minimum atomic E-state index is 0. The molecule has 0 atom stereocenters. The molecule has 128 valence electrons. The van der Waals surface area contributed by atoms with Gasteiger partial charge in [-0.15, -0.1) is 19.0 Å². The SMILES string of the molecule is C=CCN(Cc1ccccc1)C(=O)CC1(CN)CCCCC1.Cl. The van der Waals surface area contributed by atoms with Crippen molar-refractivity contribution in [2.24, 2.45) is 11.1 Å². The van der Waals surface area contributed by atoms with Crippen LogP contribution in [0.15, 0.2) is 43.0 Å². The number of carbonyl (C=O) groups is 1. The van der Waals surface area contributed by atoms with Crippen LogP contribution in [-0.4, -0.2) is 23.9 Å². The summed E-state index contributed by atoms with van der Waals surface area (Å²) in [4.78, 5) is 14.7. The molecule has 0 aliphatic heterocycles. The van der Waals surface area contributed by atoms with Crippen molar-refractivity contribution in [1.29, 1.82) is 0 Å². The number of nitrogens with zero attached hydrogens (tertiary/aromatic N) is 1. The second-order valence-electron chi connectivity index (χ2n) is 6.49. The van der Waals surface area contributed by atoms with E-state index in [2.05, 4.69) is 18.7 Å². The van der Waals surface area contributed by atoms with E-state index in [1.54, 1.807) is 6.08 Å². The molecule has 0 spiro atoms. The van der Waals surface area contributed by atoms with Crippen LogP contribution in [0.25, 0.3) is 0 Å². The molecule has 0 saturated heterocycles. The molecule has 1 fully saturated rings. The summed E-state index contributed by atoms with van der Waals surface area (Å²) < 4.78 is 0. The number of halogens is 1. The van der Waals surface area contributed by atoms with E-state index in [1.807, 2.05) is 23.1 Å². The van der Waals surface area contributed by atoms with Crippen LogP contribution in [0.5, 0.6) is 0 Å². The van der Waals surface area contributed by atoms with Crippen molar-refractivity contribution in [2.45, 2.75) is 45.1 Å². The Morgan fingerprint density at radius 3 is 2.43 bits per heavy atom. The van der Waals surface area contributed by atoms with Crippen molar-refractivity contribution < 1.29 is 4.79 Å². The van der Waals surface area contributed by atoms with Gasteiger partial charge in [0.2, 0.25) is 5.91 Å². The summed E-state index contributed by atoms with van der Waals surface area (Å²) in [5, 5.41) is 0. The molecule has 0 radical (unpaired) electrons. The van der Waals surface area contributed by atoms with Crippen molar-refractivity contribution in [2.75, 3.05) is 13.1 Å². The van der Waals surface area contributed by atoms with Gasteiger partial charge < -0.3 is 10.6 Å². The molecule has 3 nitrogen and oxygen atoms in total. The summed E-state index contributed by atoms with van der Waals surface area (Å²) >= 11 is 0. The minimum absolute atomic E-state index is 0. The Kier molecular flexibility index (Phi) is 8.35. The average Bonchev–Trinajstić information content (AvgIpc) is 2.56. The van der Waals surface area contributed by atoms with Gasteiger partial charge in [0.15, 0.2) is 0 Å². The second-order valence-corrected chi connectivity index (χ2v) is 6.49. The topological polar surface area (TPSA) is 46.3 Å². The summed E-state index contributed by atoms with van der Waals surface area (Å²) in [6.45, 7) is 5.64. The molecule has 2 rings (SSSR count). The highest BCUT2D eigenvalue weighted by atomic mass is 35.5. The summed E-state index contributed by atoms with van der Waals surface area (Å²) in [6, 6.07) is 10.1. The molecule has 23 heavy (non-hydrogen) atoms. The monoisotopic (exact) mass is 336 g/mol. The maximum atomic E-state index is 12.8. The van der Waals surface area contributed by atoms with Gasteiger partial charge in [0, 0.05) is 19.5 Å². The molecule has 1 saturated carbocycles. The zero-order chi connectivity index (χ0) is 15.8. The number of carbonyl (C=O) groups excluding carboxylic acids is 1. The molecule has 1 aliphatic carbocycles. The summed E-state index contributed by atoms with van der Waals surface area (Å²) in [5.41, 5.74) is 7.20. The lowest BCUT2D eigenvalue weighted by molar-refractivity contribution is -0.134. The van der Waals surface area contributed by atoms with Gasteiger partial charge >= 0.3 is 0 Å². The van der Waals surface area contributed by atoms with Gasteiger partial charge in [0.1, 0.15) is 0 Å². The number of hydrogen-bond donors (Lipinski definition) is 1. The van der Waals surface area contributed by atoms with Gasteiger partial charge in [-0.2, -0.15) is 0 Å². The van der Waals surface area contributed by atoms with Crippen molar-refractivity contribution in [1.82, 2.24) is 4.90 Å². The van der Waals surface area contributed by atoms with Crippen LogP contribution in [0.1, 0.15) is 44.1 Å².